The van der Waals surface area contributed by atoms with Gasteiger partial charge in [-0.3, -0.25) is 14.4 Å². The molecule has 6 nitrogen and oxygen atoms in total. The van der Waals surface area contributed by atoms with Crippen molar-refractivity contribution in [3.05, 3.63) is 68.7 Å². The molecule has 1 saturated carbocycles. The number of carbonyl (C=O) groups is 3. The lowest BCUT2D eigenvalue weighted by atomic mass is 9.82. The first-order valence-electron chi connectivity index (χ1n) is 14.0. The molecule has 2 aromatic carbocycles. The Balaban J connectivity index is 1.61. The number of rotatable bonds is 5. The summed E-state index contributed by atoms with van der Waals surface area (Å²) >= 11 is 12.4. The van der Waals surface area contributed by atoms with E-state index in [-0.39, 0.29) is 59.4 Å². The maximum absolute atomic E-state index is 13.6. The number of piperidine rings is 1. The molecule has 1 heterocycles. The molecule has 2 aromatic rings. The maximum atomic E-state index is 13.6. The summed E-state index contributed by atoms with van der Waals surface area (Å²) < 4.78 is 80.9. The number of alkyl halides is 6. The predicted octanol–water partition coefficient (Wildman–Crippen LogP) is 7.18. The van der Waals surface area contributed by atoms with Crippen LogP contribution in [0.25, 0.3) is 0 Å². The van der Waals surface area contributed by atoms with Crippen LogP contribution >= 0.6 is 23.2 Å². The van der Waals surface area contributed by atoms with Crippen molar-refractivity contribution in [2.24, 2.45) is 5.92 Å². The summed E-state index contributed by atoms with van der Waals surface area (Å²) in [7, 11) is 1.33. The van der Waals surface area contributed by atoms with Crippen LogP contribution < -0.4 is 5.32 Å². The summed E-state index contributed by atoms with van der Waals surface area (Å²) in [5.41, 5.74) is -3.31. The molecule has 240 valence electrons. The maximum Gasteiger partial charge on any atom is 0.416 e. The zero-order chi connectivity index (χ0) is 32.6. The van der Waals surface area contributed by atoms with E-state index >= 15 is 0 Å². The third kappa shape index (κ3) is 7.80. The minimum absolute atomic E-state index is 0.000356. The quantitative estimate of drug-likeness (QED) is 0.344. The predicted molar refractivity (Wildman–Crippen MR) is 152 cm³/mol. The minimum Gasteiger partial charge on any atom is -0.354 e. The molecular weight excluding hydrogens is 635 g/mol. The Bertz CT molecular complexity index is 1380. The Labute approximate surface area is 260 Å². The molecule has 3 amide bonds. The fourth-order valence-electron chi connectivity index (χ4n) is 6.14. The van der Waals surface area contributed by atoms with Crippen molar-refractivity contribution in [2.45, 2.75) is 69.4 Å². The first-order valence-corrected chi connectivity index (χ1v) is 14.8. The van der Waals surface area contributed by atoms with Gasteiger partial charge in [0.1, 0.15) is 0 Å². The van der Waals surface area contributed by atoms with Gasteiger partial charge in [-0.1, -0.05) is 29.3 Å². The number of amides is 3. The first-order chi connectivity index (χ1) is 20.5. The smallest absolute Gasteiger partial charge is 0.354 e. The normalized spacial score (nSPS) is 22.8. The monoisotopic (exact) mass is 665 g/mol. The number of carbonyl (C=O) groups excluding carboxylic acids is 3. The van der Waals surface area contributed by atoms with Crippen LogP contribution in [0, 0.1) is 5.92 Å². The second-order valence-electron chi connectivity index (χ2n) is 11.4. The van der Waals surface area contributed by atoms with E-state index in [1.165, 1.54) is 14.0 Å². The van der Waals surface area contributed by atoms with Gasteiger partial charge in [0.15, 0.2) is 0 Å². The van der Waals surface area contributed by atoms with Gasteiger partial charge in [-0.05, 0) is 68.0 Å². The fraction of sp³-hybridized carbons (Fsp3) is 0.500. The van der Waals surface area contributed by atoms with Gasteiger partial charge in [-0.15, -0.1) is 0 Å². The molecule has 1 aliphatic carbocycles. The Morgan fingerprint density at radius 2 is 1.45 bits per heavy atom. The van der Waals surface area contributed by atoms with E-state index in [9.17, 15) is 40.7 Å². The van der Waals surface area contributed by atoms with Crippen LogP contribution in [0.15, 0.2) is 36.4 Å². The number of hydrogen-bond acceptors (Lipinski definition) is 3. The Kier molecular flexibility index (Phi) is 10.1. The lowest BCUT2D eigenvalue weighted by molar-refractivity contribution is -0.143. The molecule has 1 N–H and O–H groups in total. The summed E-state index contributed by atoms with van der Waals surface area (Å²) in [5.74, 6) is -2.08. The number of benzene rings is 2. The van der Waals surface area contributed by atoms with Gasteiger partial charge in [-0.25, -0.2) is 0 Å². The number of halogens is 8. The summed E-state index contributed by atoms with van der Waals surface area (Å²) in [6.45, 7) is 1.80. The molecule has 4 rings (SSSR count). The highest BCUT2D eigenvalue weighted by Gasteiger charge is 2.41. The molecule has 2 fully saturated rings. The second kappa shape index (κ2) is 13.2. The van der Waals surface area contributed by atoms with Crippen molar-refractivity contribution >= 4 is 40.9 Å². The lowest BCUT2D eigenvalue weighted by Crippen LogP contribution is -2.53. The summed E-state index contributed by atoms with van der Waals surface area (Å²) in [6.07, 6.45) is -7.54. The number of nitrogens with zero attached hydrogens (tertiary/aromatic N) is 2. The van der Waals surface area contributed by atoms with Crippen LogP contribution in [0.3, 0.4) is 0 Å². The molecule has 0 bridgehead atoms. The third-order valence-electron chi connectivity index (χ3n) is 8.40. The topological polar surface area (TPSA) is 69.7 Å². The molecule has 2 aliphatic rings. The molecule has 0 aromatic heterocycles. The summed E-state index contributed by atoms with van der Waals surface area (Å²) in [4.78, 5) is 41.3. The zero-order valence-corrected chi connectivity index (χ0v) is 25.4. The fourth-order valence-corrected chi connectivity index (χ4v) is 6.44. The molecule has 0 radical (unpaired) electrons. The van der Waals surface area contributed by atoms with Gasteiger partial charge in [-0.2, -0.15) is 26.3 Å². The van der Waals surface area contributed by atoms with E-state index in [1.54, 1.807) is 23.1 Å². The van der Waals surface area contributed by atoms with Gasteiger partial charge in [0.2, 0.25) is 11.8 Å². The third-order valence-corrected chi connectivity index (χ3v) is 9.14. The molecule has 0 spiro atoms. The Morgan fingerprint density at radius 3 is 1.98 bits per heavy atom. The van der Waals surface area contributed by atoms with E-state index in [1.807, 2.05) is 0 Å². The van der Waals surface area contributed by atoms with Crippen LogP contribution in [-0.2, 0) is 21.9 Å². The molecule has 2 atom stereocenters. The standard InChI is InChI=1S/C30H31Cl2F6N3O3/c1-16(42)39-22-6-3-17(4-7-22)28(44)41-10-9-26(23(15-41)18-5-8-24(31)25(32)13-18)40(2)27(43)19-11-20(29(33,34)35)14-21(12-19)30(36,37)38/h5,8,11-14,17,22-23,26H,3-4,6-7,9-10,15H2,1-2H3,(H,39,42)/t17-,22-,23?,26?. The second-order valence-corrected chi connectivity index (χ2v) is 12.2. The van der Waals surface area contributed by atoms with Crippen molar-refractivity contribution in [1.29, 1.82) is 0 Å². The number of likely N-dealkylation sites (tertiary alicyclic amines) is 1. The molecule has 44 heavy (non-hydrogen) atoms. The highest BCUT2D eigenvalue weighted by Crippen LogP contribution is 2.39. The minimum atomic E-state index is -5.11. The van der Waals surface area contributed by atoms with Gasteiger partial charge in [0.25, 0.3) is 5.91 Å². The molecule has 1 saturated heterocycles. The van der Waals surface area contributed by atoms with E-state index in [0.717, 1.165) is 4.90 Å². The highest BCUT2D eigenvalue weighted by molar-refractivity contribution is 6.42. The van der Waals surface area contributed by atoms with E-state index < -0.39 is 46.9 Å². The average molecular weight is 666 g/mol. The van der Waals surface area contributed by atoms with E-state index in [0.29, 0.717) is 43.4 Å². The molecule has 2 unspecified atom stereocenters. The molecule has 1 aliphatic heterocycles. The van der Waals surface area contributed by atoms with E-state index in [2.05, 4.69) is 5.32 Å². The van der Waals surface area contributed by atoms with Crippen LogP contribution in [-0.4, -0.2) is 59.7 Å². The zero-order valence-electron chi connectivity index (χ0n) is 23.9. The molecule has 14 heteroatoms. The van der Waals surface area contributed by atoms with Gasteiger partial charge >= 0.3 is 12.4 Å². The van der Waals surface area contributed by atoms with Crippen LogP contribution in [0.2, 0.25) is 10.0 Å². The number of hydrogen-bond donors (Lipinski definition) is 1. The van der Waals surface area contributed by atoms with E-state index in [4.69, 9.17) is 23.2 Å². The number of nitrogens with one attached hydrogen (secondary N) is 1. The van der Waals surface area contributed by atoms with Crippen LogP contribution in [0.1, 0.15) is 72.0 Å². The van der Waals surface area contributed by atoms with Gasteiger partial charge in [0, 0.05) is 56.5 Å². The number of likely N-dealkylation sites (N-methyl/N-ethyl adjacent to an activating group) is 1. The van der Waals surface area contributed by atoms with Crippen LogP contribution in [0.4, 0.5) is 26.3 Å². The first kappa shape index (κ1) is 33.9. The SMILES string of the molecule is CC(=O)N[C@H]1CC[C@H](C(=O)N2CCC(N(C)C(=O)c3cc(C(F)(F)F)cc(C(F)(F)F)c3)C(c3ccc(Cl)c(Cl)c3)C2)CC1. The lowest BCUT2D eigenvalue weighted by Gasteiger charge is -2.44. The van der Waals surface area contributed by atoms with Crippen molar-refractivity contribution in [3.63, 3.8) is 0 Å². The Morgan fingerprint density at radius 1 is 0.864 bits per heavy atom. The van der Waals surface area contributed by atoms with Crippen molar-refractivity contribution < 1.29 is 40.7 Å². The van der Waals surface area contributed by atoms with Gasteiger partial charge in [0.05, 0.1) is 21.2 Å². The summed E-state index contributed by atoms with van der Waals surface area (Å²) in [5, 5.41) is 3.35. The van der Waals surface area contributed by atoms with Crippen molar-refractivity contribution in [1.82, 2.24) is 15.1 Å². The Hall–Kier alpha value is -2.99. The van der Waals surface area contributed by atoms with Crippen molar-refractivity contribution in [3.8, 4) is 0 Å². The largest absolute Gasteiger partial charge is 0.416 e. The summed E-state index contributed by atoms with van der Waals surface area (Å²) in [6, 6.07) is 4.91. The average Bonchev–Trinajstić information content (AvgIpc) is 2.96. The van der Waals surface area contributed by atoms with Crippen molar-refractivity contribution in [2.75, 3.05) is 20.1 Å². The molecular formula is C30H31Cl2F6N3O3. The van der Waals surface area contributed by atoms with Gasteiger partial charge < -0.3 is 15.1 Å². The highest BCUT2D eigenvalue weighted by atomic mass is 35.5. The van der Waals surface area contributed by atoms with Crippen LogP contribution in [0.5, 0.6) is 0 Å².